The molecule has 0 fully saturated rings. The molecule has 0 aromatic carbocycles. The zero-order valence-corrected chi connectivity index (χ0v) is 12.9. The summed E-state index contributed by atoms with van der Waals surface area (Å²) in [5.41, 5.74) is 0.906. The van der Waals surface area contributed by atoms with E-state index in [1.165, 1.54) is 0 Å². The van der Waals surface area contributed by atoms with Crippen LogP contribution in [0.4, 0.5) is 13.2 Å². The number of hydrogen-bond acceptors (Lipinski definition) is 3. The Labute approximate surface area is 127 Å². The molecule has 0 spiro atoms. The van der Waals surface area contributed by atoms with Crippen molar-refractivity contribution < 1.29 is 17.9 Å². The highest BCUT2D eigenvalue weighted by Gasteiger charge is 2.26. The van der Waals surface area contributed by atoms with Gasteiger partial charge in [-0.1, -0.05) is 25.4 Å². The van der Waals surface area contributed by atoms with Crippen molar-refractivity contribution in [2.75, 3.05) is 13.2 Å². The topological polar surface area (TPSA) is 34.2 Å². The van der Waals surface area contributed by atoms with Crippen molar-refractivity contribution in [3.8, 4) is 5.88 Å². The maximum absolute atomic E-state index is 12.0. The first-order valence-corrected chi connectivity index (χ1v) is 7.20. The van der Waals surface area contributed by atoms with Crippen LogP contribution in [0.25, 0.3) is 0 Å². The summed E-state index contributed by atoms with van der Waals surface area (Å²) in [4.78, 5) is 4.03. The Morgan fingerprint density at radius 2 is 2.10 bits per heavy atom. The molecule has 21 heavy (non-hydrogen) atoms. The van der Waals surface area contributed by atoms with E-state index in [1.807, 2.05) is 0 Å². The molecule has 1 heterocycles. The summed E-state index contributed by atoms with van der Waals surface area (Å²) in [6.07, 6.45) is -3.54. The molecule has 0 saturated carbocycles. The van der Waals surface area contributed by atoms with Gasteiger partial charge in [-0.15, -0.1) is 0 Å². The van der Waals surface area contributed by atoms with Crippen LogP contribution in [0.3, 0.4) is 0 Å². The quantitative estimate of drug-likeness (QED) is 0.728. The first-order valence-electron chi connectivity index (χ1n) is 6.82. The Morgan fingerprint density at radius 3 is 2.67 bits per heavy atom. The molecule has 0 amide bonds. The van der Waals surface area contributed by atoms with Crippen LogP contribution in [0.2, 0.25) is 5.02 Å². The van der Waals surface area contributed by atoms with E-state index in [2.05, 4.69) is 24.1 Å². The number of halogens is 4. The van der Waals surface area contributed by atoms with Gasteiger partial charge in [-0.05, 0) is 30.5 Å². The Balaban J connectivity index is 2.39. The van der Waals surface area contributed by atoms with Crippen LogP contribution in [0, 0.1) is 5.92 Å². The average Bonchev–Trinajstić information content (AvgIpc) is 2.35. The summed E-state index contributed by atoms with van der Waals surface area (Å²) >= 11 is 6.00. The van der Waals surface area contributed by atoms with Crippen molar-refractivity contribution in [3.05, 3.63) is 22.8 Å². The summed E-state index contributed by atoms with van der Waals surface area (Å²) < 4.78 is 41.1. The van der Waals surface area contributed by atoms with E-state index in [0.717, 1.165) is 12.1 Å². The minimum Gasteiger partial charge on any atom is -0.477 e. The van der Waals surface area contributed by atoms with E-state index in [4.69, 9.17) is 16.3 Å². The van der Waals surface area contributed by atoms with Crippen molar-refractivity contribution >= 4 is 11.6 Å². The summed E-state index contributed by atoms with van der Waals surface area (Å²) in [5.74, 6) is 0.719. The predicted molar refractivity (Wildman–Crippen MR) is 76.6 cm³/mol. The van der Waals surface area contributed by atoms with E-state index in [1.54, 1.807) is 12.3 Å². The maximum Gasteiger partial charge on any atom is 0.389 e. The van der Waals surface area contributed by atoms with Crippen molar-refractivity contribution in [2.45, 2.75) is 39.4 Å². The number of nitrogens with one attached hydrogen (secondary N) is 1. The molecule has 3 nitrogen and oxygen atoms in total. The van der Waals surface area contributed by atoms with Crippen molar-refractivity contribution in [1.82, 2.24) is 10.3 Å². The van der Waals surface area contributed by atoms with Gasteiger partial charge in [-0.25, -0.2) is 4.98 Å². The molecule has 0 radical (unpaired) electrons. The molecule has 1 N–H and O–H groups in total. The Kier molecular flexibility index (Phi) is 7.25. The molecule has 0 aliphatic carbocycles. The molecule has 1 rings (SSSR count). The lowest BCUT2D eigenvalue weighted by molar-refractivity contribution is -0.136. The fraction of sp³-hybridized carbons (Fsp3) is 0.643. The molecule has 0 atom stereocenters. The highest BCUT2D eigenvalue weighted by atomic mass is 35.5. The molecule has 0 bridgehead atoms. The van der Waals surface area contributed by atoms with E-state index in [-0.39, 0.29) is 18.9 Å². The standard InChI is InChI=1S/C14H20ClF3N2O/c1-10(2)7-19-8-11-6-12(15)13(20-9-11)21-5-3-4-14(16,17)18/h6,9-10,19H,3-5,7-8H2,1-2H3. The molecule has 120 valence electrons. The molecule has 1 aromatic heterocycles. The lowest BCUT2D eigenvalue weighted by atomic mass is 10.2. The molecule has 0 aliphatic heterocycles. The third-order valence-corrected chi connectivity index (χ3v) is 2.86. The van der Waals surface area contributed by atoms with Gasteiger partial charge in [0, 0.05) is 19.2 Å². The second-order valence-corrected chi connectivity index (χ2v) is 5.63. The average molecular weight is 325 g/mol. The van der Waals surface area contributed by atoms with Gasteiger partial charge in [0.05, 0.1) is 6.61 Å². The van der Waals surface area contributed by atoms with E-state index < -0.39 is 12.6 Å². The smallest absolute Gasteiger partial charge is 0.389 e. The SMILES string of the molecule is CC(C)CNCc1cnc(OCCCC(F)(F)F)c(Cl)c1. The minimum absolute atomic E-state index is 0.0584. The predicted octanol–water partition coefficient (Wildman–Crippen LogP) is 4.20. The van der Waals surface area contributed by atoms with Crippen LogP contribution >= 0.6 is 11.6 Å². The number of pyridine rings is 1. The van der Waals surface area contributed by atoms with Crippen molar-refractivity contribution in [3.63, 3.8) is 0 Å². The Hall–Kier alpha value is -1.01. The molecule has 0 saturated heterocycles. The first-order chi connectivity index (χ1) is 9.78. The van der Waals surface area contributed by atoms with Crippen LogP contribution < -0.4 is 10.1 Å². The van der Waals surface area contributed by atoms with Crippen LogP contribution in [0.5, 0.6) is 5.88 Å². The van der Waals surface area contributed by atoms with Crippen LogP contribution in [-0.2, 0) is 6.54 Å². The van der Waals surface area contributed by atoms with Crippen molar-refractivity contribution in [1.29, 1.82) is 0 Å². The lowest BCUT2D eigenvalue weighted by Crippen LogP contribution is -2.19. The number of nitrogens with zero attached hydrogens (tertiary/aromatic N) is 1. The third kappa shape index (κ3) is 8.12. The van der Waals surface area contributed by atoms with Gasteiger partial charge in [0.25, 0.3) is 0 Å². The monoisotopic (exact) mass is 324 g/mol. The minimum atomic E-state index is -4.16. The Morgan fingerprint density at radius 1 is 1.38 bits per heavy atom. The summed E-state index contributed by atoms with van der Waals surface area (Å²) in [5, 5.41) is 3.56. The molecule has 1 aromatic rings. The fourth-order valence-electron chi connectivity index (χ4n) is 1.61. The van der Waals surface area contributed by atoms with Crippen LogP contribution in [-0.4, -0.2) is 24.3 Å². The van der Waals surface area contributed by atoms with Crippen LogP contribution in [0.1, 0.15) is 32.3 Å². The zero-order valence-electron chi connectivity index (χ0n) is 12.1. The van der Waals surface area contributed by atoms with E-state index >= 15 is 0 Å². The Bertz CT molecular complexity index is 439. The molecule has 0 unspecified atom stereocenters. The number of hydrogen-bond donors (Lipinski definition) is 1. The number of aromatic nitrogens is 1. The summed E-state index contributed by atoms with van der Waals surface area (Å²) in [7, 11) is 0. The molecular formula is C14H20ClF3N2O. The third-order valence-electron chi connectivity index (χ3n) is 2.59. The summed E-state index contributed by atoms with van der Waals surface area (Å²) in [6, 6.07) is 1.71. The van der Waals surface area contributed by atoms with Gasteiger partial charge >= 0.3 is 6.18 Å². The fourth-order valence-corrected chi connectivity index (χ4v) is 1.86. The number of rotatable bonds is 8. The highest BCUT2D eigenvalue weighted by molar-refractivity contribution is 6.31. The second kappa shape index (κ2) is 8.44. The number of ether oxygens (including phenoxy) is 1. The lowest BCUT2D eigenvalue weighted by Gasteiger charge is -2.10. The van der Waals surface area contributed by atoms with E-state index in [0.29, 0.717) is 17.5 Å². The summed E-state index contributed by atoms with van der Waals surface area (Å²) in [6.45, 7) is 5.68. The van der Waals surface area contributed by atoms with Gasteiger partial charge < -0.3 is 10.1 Å². The molecule has 7 heteroatoms. The van der Waals surface area contributed by atoms with Gasteiger partial charge in [0.2, 0.25) is 5.88 Å². The zero-order chi connectivity index (χ0) is 15.9. The molecule has 0 aliphatic rings. The van der Waals surface area contributed by atoms with E-state index in [9.17, 15) is 13.2 Å². The van der Waals surface area contributed by atoms with Gasteiger partial charge in [-0.2, -0.15) is 13.2 Å². The van der Waals surface area contributed by atoms with Gasteiger partial charge in [0.15, 0.2) is 0 Å². The molecular weight excluding hydrogens is 305 g/mol. The largest absolute Gasteiger partial charge is 0.477 e. The van der Waals surface area contributed by atoms with Crippen LogP contribution in [0.15, 0.2) is 12.3 Å². The van der Waals surface area contributed by atoms with Crippen molar-refractivity contribution in [2.24, 2.45) is 5.92 Å². The first kappa shape index (κ1) is 18.0. The van der Waals surface area contributed by atoms with Gasteiger partial charge in [-0.3, -0.25) is 0 Å². The van der Waals surface area contributed by atoms with Gasteiger partial charge in [0.1, 0.15) is 5.02 Å². The number of alkyl halides is 3. The second-order valence-electron chi connectivity index (χ2n) is 5.22. The maximum atomic E-state index is 12.0. The normalized spacial score (nSPS) is 12.0. The highest BCUT2D eigenvalue weighted by Crippen LogP contribution is 2.24.